The van der Waals surface area contributed by atoms with Crippen LogP contribution in [0.25, 0.3) is 0 Å². The van der Waals surface area contributed by atoms with Crippen LogP contribution in [0.4, 0.5) is 4.39 Å². The van der Waals surface area contributed by atoms with Crippen LogP contribution in [0.5, 0.6) is 0 Å². The molecule has 8 nitrogen and oxygen atoms in total. The fraction of sp³-hybridized carbons (Fsp3) is 0.375. The number of nitrogens with one attached hydrogen (secondary N) is 1. The number of hydrogen-bond acceptors (Lipinski definition) is 5. The zero-order valence-corrected chi connectivity index (χ0v) is 19.6. The van der Waals surface area contributed by atoms with E-state index in [2.05, 4.69) is 5.32 Å². The molecule has 4 rings (SSSR count). The number of hydrogen-bond donors (Lipinski definition) is 1. The van der Waals surface area contributed by atoms with Crippen molar-refractivity contribution in [3.05, 3.63) is 65.5 Å². The van der Waals surface area contributed by atoms with Gasteiger partial charge < -0.3 is 10.2 Å². The van der Waals surface area contributed by atoms with Crippen molar-refractivity contribution in [2.45, 2.75) is 56.1 Å². The molecular weight excluding hydrogens is 461 g/mol. The van der Waals surface area contributed by atoms with Crippen LogP contribution in [-0.4, -0.2) is 54.0 Å². The van der Waals surface area contributed by atoms with Gasteiger partial charge in [0.1, 0.15) is 23.3 Å². The standard InChI is InChI=1S/C24H26FN3O5S/c1-16(23(30)26-19-6-2-3-7-19)27(14-17-10-12-18(25)13-11-17)22(29)15-28-24(31)20-8-4-5-9-21(20)34(28,32)33/h4-5,8-13,16,19H,2-3,6-7,14-15H2,1H3,(H,26,30). The van der Waals surface area contributed by atoms with E-state index in [-0.39, 0.29) is 29.0 Å². The van der Waals surface area contributed by atoms with Gasteiger partial charge in [-0.05, 0) is 49.6 Å². The van der Waals surface area contributed by atoms with Crippen LogP contribution >= 0.6 is 0 Å². The maximum atomic E-state index is 13.4. The molecule has 1 saturated carbocycles. The summed E-state index contributed by atoms with van der Waals surface area (Å²) in [5, 5.41) is 2.95. The van der Waals surface area contributed by atoms with Crippen molar-refractivity contribution in [3.8, 4) is 0 Å². The Bertz CT molecular complexity index is 1210. The maximum Gasteiger partial charge on any atom is 0.269 e. The maximum absolute atomic E-state index is 13.4. The van der Waals surface area contributed by atoms with E-state index in [1.165, 1.54) is 47.4 Å². The van der Waals surface area contributed by atoms with Crippen molar-refractivity contribution in [3.63, 3.8) is 0 Å². The third-order valence-corrected chi connectivity index (χ3v) is 8.11. The minimum absolute atomic E-state index is 0.00686. The summed E-state index contributed by atoms with van der Waals surface area (Å²) >= 11 is 0. The van der Waals surface area contributed by atoms with Crippen LogP contribution < -0.4 is 5.32 Å². The molecule has 1 aliphatic heterocycles. The molecule has 0 aromatic heterocycles. The monoisotopic (exact) mass is 487 g/mol. The van der Waals surface area contributed by atoms with Crippen LogP contribution in [0.15, 0.2) is 53.4 Å². The summed E-state index contributed by atoms with van der Waals surface area (Å²) < 4.78 is 39.7. The summed E-state index contributed by atoms with van der Waals surface area (Å²) in [6.45, 7) is 0.770. The van der Waals surface area contributed by atoms with E-state index in [4.69, 9.17) is 0 Å². The van der Waals surface area contributed by atoms with E-state index < -0.39 is 40.2 Å². The topological polar surface area (TPSA) is 104 Å². The minimum Gasteiger partial charge on any atom is -0.352 e. The van der Waals surface area contributed by atoms with Gasteiger partial charge in [0.05, 0.1) is 5.56 Å². The highest BCUT2D eigenvalue weighted by atomic mass is 32.2. The predicted octanol–water partition coefficient (Wildman–Crippen LogP) is 2.45. The first kappa shape index (κ1) is 23.9. The molecule has 2 aromatic carbocycles. The highest BCUT2D eigenvalue weighted by Gasteiger charge is 2.43. The number of benzene rings is 2. The van der Waals surface area contributed by atoms with Crippen LogP contribution in [0, 0.1) is 5.82 Å². The first-order chi connectivity index (χ1) is 16.2. The van der Waals surface area contributed by atoms with Crippen LogP contribution in [0.1, 0.15) is 48.5 Å². The van der Waals surface area contributed by atoms with Gasteiger partial charge in [0.25, 0.3) is 15.9 Å². The number of carbonyl (C=O) groups excluding carboxylic acids is 3. The SMILES string of the molecule is CC(C(=O)NC1CCCC1)N(Cc1ccc(F)cc1)C(=O)CN1C(=O)c2ccccc2S1(=O)=O. The van der Waals surface area contributed by atoms with Gasteiger partial charge in [0, 0.05) is 12.6 Å². The van der Waals surface area contributed by atoms with Crippen molar-refractivity contribution < 1.29 is 27.2 Å². The molecule has 2 aliphatic rings. The number of halogens is 1. The van der Waals surface area contributed by atoms with Crippen molar-refractivity contribution in [2.24, 2.45) is 0 Å². The predicted molar refractivity (Wildman–Crippen MR) is 121 cm³/mol. The first-order valence-electron chi connectivity index (χ1n) is 11.2. The van der Waals surface area contributed by atoms with Gasteiger partial charge in [-0.1, -0.05) is 37.1 Å². The Hall–Kier alpha value is -3.27. The molecule has 0 bridgehead atoms. The minimum atomic E-state index is -4.18. The number of nitrogens with zero attached hydrogens (tertiary/aromatic N) is 2. The molecule has 0 spiro atoms. The van der Waals surface area contributed by atoms with Gasteiger partial charge in [-0.3, -0.25) is 14.4 Å². The summed E-state index contributed by atoms with van der Waals surface area (Å²) in [7, 11) is -4.18. The van der Waals surface area contributed by atoms with Crippen molar-refractivity contribution in [1.29, 1.82) is 0 Å². The van der Waals surface area contributed by atoms with Crippen molar-refractivity contribution in [2.75, 3.05) is 6.54 Å². The quantitative estimate of drug-likeness (QED) is 0.646. The lowest BCUT2D eigenvalue weighted by Gasteiger charge is -2.31. The Labute approximate surface area is 197 Å². The Kier molecular flexibility index (Phi) is 6.70. The molecule has 1 aliphatic carbocycles. The van der Waals surface area contributed by atoms with E-state index in [0.717, 1.165) is 25.7 Å². The Morgan fingerprint density at radius 1 is 1.12 bits per heavy atom. The van der Waals surface area contributed by atoms with Gasteiger partial charge in [-0.25, -0.2) is 17.1 Å². The summed E-state index contributed by atoms with van der Waals surface area (Å²) in [5.74, 6) is -2.29. The number of rotatable bonds is 7. The lowest BCUT2D eigenvalue weighted by Crippen LogP contribution is -2.52. The molecular formula is C24H26FN3O5S. The van der Waals surface area contributed by atoms with E-state index in [1.807, 2.05) is 0 Å². The number of fused-ring (bicyclic) bond motifs is 1. The van der Waals surface area contributed by atoms with Gasteiger partial charge in [0.2, 0.25) is 11.8 Å². The molecule has 0 radical (unpaired) electrons. The lowest BCUT2D eigenvalue weighted by atomic mass is 10.1. The summed E-state index contributed by atoms with van der Waals surface area (Å²) in [5.41, 5.74) is 0.571. The van der Waals surface area contributed by atoms with Gasteiger partial charge >= 0.3 is 0 Å². The molecule has 2 aromatic rings. The largest absolute Gasteiger partial charge is 0.352 e. The lowest BCUT2D eigenvalue weighted by molar-refractivity contribution is -0.140. The molecule has 0 saturated heterocycles. The van der Waals surface area contributed by atoms with Crippen molar-refractivity contribution >= 4 is 27.7 Å². The second-order valence-corrected chi connectivity index (χ2v) is 10.5. The van der Waals surface area contributed by atoms with Crippen molar-refractivity contribution in [1.82, 2.24) is 14.5 Å². The van der Waals surface area contributed by atoms with E-state index in [1.54, 1.807) is 13.0 Å². The van der Waals surface area contributed by atoms with Gasteiger partial charge in [-0.15, -0.1) is 0 Å². The molecule has 1 heterocycles. The summed E-state index contributed by atoms with van der Waals surface area (Å²) in [4.78, 5) is 40.1. The number of amides is 3. The third-order valence-electron chi connectivity index (χ3n) is 6.33. The molecule has 3 amide bonds. The fourth-order valence-electron chi connectivity index (χ4n) is 4.36. The zero-order valence-electron chi connectivity index (χ0n) is 18.7. The van der Waals surface area contributed by atoms with E-state index in [0.29, 0.717) is 9.87 Å². The molecule has 1 atom stereocenters. The van der Waals surface area contributed by atoms with Crippen LogP contribution in [0.3, 0.4) is 0 Å². The third kappa shape index (κ3) is 4.68. The molecule has 10 heteroatoms. The molecule has 1 unspecified atom stereocenters. The van der Waals surface area contributed by atoms with Gasteiger partial charge in [0.15, 0.2) is 0 Å². The Morgan fingerprint density at radius 3 is 2.41 bits per heavy atom. The molecule has 180 valence electrons. The second kappa shape index (κ2) is 9.54. The van der Waals surface area contributed by atoms with E-state index >= 15 is 0 Å². The normalized spacial score (nSPS) is 17.9. The van der Waals surface area contributed by atoms with Crippen LogP contribution in [-0.2, 0) is 26.2 Å². The average Bonchev–Trinajstić information content (AvgIpc) is 3.39. The smallest absolute Gasteiger partial charge is 0.269 e. The van der Waals surface area contributed by atoms with E-state index in [9.17, 15) is 27.2 Å². The molecule has 34 heavy (non-hydrogen) atoms. The summed E-state index contributed by atoms with van der Waals surface area (Å²) in [6.07, 6.45) is 3.77. The Balaban J connectivity index is 1.57. The number of carbonyl (C=O) groups is 3. The summed E-state index contributed by atoms with van der Waals surface area (Å²) in [6, 6.07) is 10.3. The average molecular weight is 488 g/mol. The second-order valence-electron chi connectivity index (χ2n) is 8.63. The first-order valence-corrected chi connectivity index (χ1v) is 12.6. The molecule has 1 N–H and O–H groups in total. The fourth-order valence-corrected chi connectivity index (χ4v) is 5.88. The zero-order chi connectivity index (χ0) is 24.5. The number of sulfonamides is 1. The molecule has 1 fully saturated rings. The highest BCUT2D eigenvalue weighted by Crippen LogP contribution is 2.30. The van der Waals surface area contributed by atoms with Gasteiger partial charge in [-0.2, -0.15) is 0 Å². The highest BCUT2D eigenvalue weighted by molar-refractivity contribution is 7.90. The Morgan fingerprint density at radius 2 is 1.76 bits per heavy atom. The van der Waals surface area contributed by atoms with Crippen LogP contribution in [0.2, 0.25) is 0 Å².